The minimum absolute atomic E-state index is 0.0354. The number of carbonyl (C=O) groups excluding carboxylic acids is 1. The number of carbonyl (C=O) groups is 1. The molecule has 7 nitrogen and oxygen atoms in total. The van der Waals surface area contributed by atoms with Crippen molar-refractivity contribution in [3.8, 4) is 0 Å². The lowest BCUT2D eigenvalue weighted by atomic mass is 10.3. The summed E-state index contributed by atoms with van der Waals surface area (Å²) in [5, 5.41) is 6.70. The Morgan fingerprint density at radius 2 is 2.19 bits per heavy atom. The molecule has 3 N–H and O–H groups in total. The van der Waals surface area contributed by atoms with E-state index in [2.05, 4.69) is 15.3 Å². The molecular formula is C13H22FN5O2. The minimum Gasteiger partial charge on any atom is -0.396 e. The molecule has 0 radical (unpaired) electrons. The second kappa shape index (κ2) is 7.94. The van der Waals surface area contributed by atoms with E-state index in [1.165, 1.54) is 10.9 Å². The van der Waals surface area contributed by atoms with Gasteiger partial charge in [-0.3, -0.25) is 14.4 Å². The van der Waals surface area contributed by atoms with Gasteiger partial charge in [0.2, 0.25) is 0 Å². The molecular weight excluding hydrogens is 277 g/mol. The summed E-state index contributed by atoms with van der Waals surface area (Å²) in [6.45, 7) is 4.33. The van der Waals surface area contributed by atoms with Crippen molar-refractivity contribution in [3.63, 3.8) is 0 Å². The Morgan fingerprint density at radius 1 is 1.43 bits per heavy atom. The van der Waals surface area contributed by atoms with Crippen LogP contribution in [0.25, 0.3) is 0 Å². The highest BCUT2D eigenvalue weighted by Crippen LogP contribution is 2.10. The van der Waals surface area contributed by atoms with E-state index in [1.54, 1.807) is 0 Å². The van der Waals surface area contributed by atoms with Crippen LogP contribution in [0.2, 0.25) is 0 Å². The summed E-state index contributed by atoms with van der Waals surface area (Å²) < 4.78 is 19.0. The summed E-state index contributed by atoms with van der Waals surface area (Å²) in [5.41, 5.74) is 6.21. The topological polar surface area (TPSA) is 85.4 Å². The quantitative estimate of drug-likeness (QED) is 0.686. The zero-order valence-corrected chi connectivity index (χ0v) is 12.1. The van der Waals surface area contributed by atoms with Gasteiger partial charge in [0.15, 0.2) is 0 Å². The van der Waals surface area contributed by atoms with Crippen molar-refractivity contribution in [2.24, 2.45) is 0 Å². The van der Waals surface area contributed by atoms with E-state index in [0.717, 1.165) is 39.3 Å². The van der Waals surface area contributed by atoms with Crippen LogP contribution in [0.1, 0.15) is 16.9 Å². The number of ether oxygens (including phenoxy) is 1. The maximum absolute atomic E-state index is 12.4. The number of hydrogen-bond donors (Lipinski definition) is 2. The molecule has 0 aliphatic carbocycles. The third-order valence-corrected chi connectivity index (χ3v) is 3.42. The van der Waals surface area contributed by atoms with Gasteiger partial charge in [-0.05, 0) is 13.0 Å². The van der Waals surface area contributed by atoms with E-state index in [-0.39, 0.29) is 23.8 Å². The number of morpholine rings is 1. The smallest absolute Gasteiger partial charge is 0.271 e. The van der Waals surface area contributed by atoms with Crippen LogP contribution < -0.4 is 11.1 Å². The molecule has 2 heterocycles. The second-order valence-corrected chi connectivity index (χ2v) is 4.92. The number of nitrogen functional groups attached to an aromatic ring is 1. The molecule has 1 aliphatic rings. The highest BCUT2D eigenvalue weighted by Gasteiger charge is 2.16. The number of hydrogen-bond acceptors (Lipinski definition) is 5. The maximum Gasteiger partial charge on any atom is 0.271 e. The van der Waals surface area contributed by atoms with Crippen LogP contribution in [0.15, 0.2) is 6.20 Å². The van der Waals surface area contributed by atoms with Gasteiger partial charge in [-0.25, -0.2) is 4.39 Å². The standard InChI is InChI=1S/C13H22FN5O2/c14-2-5-19-12(11(15)10-17-19)13(20)16-3-1-4-18-6-8-21-9-7-18/h10H,1-9,15H2,(H,16,20). The van der Waals surface area contributed by atoms with Crippen LogP contribution in [-0.2, 0) is 11.3 Å². The van der Waals surface area contributed by atoms with Gasteiger partial charge in [0, 0.05) is 19.6 Å². The summed E-state index contributed by atoms with van der Waals surface area (Å²) in [6, 6.07) is 0. The first-order chi connectivity index (χ1) is 10.2. The van der Waals surface area contributed by atoms with Crippen molar-refractivity contribution in [1.82, 2.24) is 20.0 Å². The summed E-state index contributed by atoms with van der Waals surface area (Å²) in [5.74, 6) is -0.305. The number of aromatic nitrogens is 2. The monoisotopic (exact) mass is 299 g/mol. The molecule has 21 heavy (non-hydrogen) atoms. The number of amides is 1. The average molecular weight is 299 g/mol. The minimum atomic E-state index is -0.585. The van der Waals surface area contributed by atoms with Crippen molar-refractivity contribution < 1.29 is 13.9 Å². The summed E-state index contributed by atoms with van der Waals surface area (Å²) in [4.78, 5) is 14.4. The first-order valence-corrected chi connectivity index (χ1v) is 7.18. The Balaban J connectivity index is 1.75. The van der Waals surface area contributed by atoms with Gasteiger partial charge in [0.25, 0.3) is 5.91 Å². The second-order valence-electron chi connectivity index (χ2n) is 4.92. The lowest BCUT2D eigenvalue weighted by molar-refractivity contribution is 0.0374. The fourth-order valence-corrected chi connectivity index (χ4v) is 2.31. The molecule has 0 saturated carbocycles. The summed E-state index contributed by atoms with van der Waals surface area (Å²) >= 11 is 0. The number of nitrogens with two attached hydrogens (primary N) is 1. The number of rotatable bonds is 7. The highest BCUT2D eigenvalue weighted by molar-refractivity contribution is 5.97. The molecule has 1 fully saturated rings. The molecule has 8 heteroatoms. The Morgan fingerprint density at radius 3 is 2.90 bits per heavy atom. The van der Waals surface area contributed by atoms with Crippen molar-refractivity contribution >= 4 is 11.6 Å². The maximum atomic E-state index is 12.4. The predicted molar refractivity (Wildman–Crippen MR) is 76.8 cm³/mol. The molecule has 0 atom stereocenters. The van der Waals surface area contributed by atoms with Crippen LogP contribution in [0.3, 0.4) is 0 Å². The molecule has 1 aliphatic heterocycles. The van der Waals surface area contributed by atoms with Gasteiger partial charge in [0.1, 0.15) is 12.4 Å². The Bertz CT molecular complexity index is 459. The van der Waals surface area contributed by atoms with Crippen molar-refractivity contribution in [2.75, 3.05) is 51.8 Å². The highest BCUT2D eigenvalue weighted by atomic mass is 19.1. The van der Waals surface area contributed by atoms with Crippen LogP contribution >= 0.6 is 0 Å². The van der Waals surface area contributed by atoms with Crippen LogP contribution in [0, 0.1) is 0 Å². The molecule has 1 amide bonds. The first kappa shape index (κ1) is 15.7. The molecule has 1 aromatic rings. The summed E-state index contributed by atoms with van der Waals surface area (Å²) in [6.07, 6.45) is 2.22. The molecule has 0 aromatic carbocycles. The Hall–Kier alpha value is -1.67. The van der Waals surface area contributed by atoms with Crippen LogP contribution in [0.4, 0.5) is 10.1 Å². The molecule has 1 saturated heterocycles. The van der Waals surface area contributed by atoms with Crippen LogP contribution in [-0.4, -0.2) is 66.7 Å². The fourth-order valence-electron chi connectivity index (χ4n) is 2.31. The third kappa shape index (κ3) is 4.40. The van der Waals surface area contributed by atoms with Gasteiger partial charge in [0.05, 0.1) is 31.6 Å². The molecule has 0 spiro atoms. The zero-order valence-electron chi connectivity index (χ0n) is 12.1. The van der Waals surface area contributed by atoms with E-state index in [1.807, 2.05) is 0 Å². The zero-order chi connectivity index (χ0) is 15.1. The SMILES string of the molecule is Nc1cnn(CCF)c1C(=O)NCCCN1CCOCC1. The van der Waals surface area contributed by atoms with Gasteiger partial charge in [-0.15, -0.1) is 0 Å². The largest absolute Gasteiger partial charge is 0.396 e. The molecule has 1 aromatic heterocycles. The molecule has 2 rings (SSSR count). The number of aryl methyl sites for hydroxylation is 1. The van der Waals surface area contributed by atoms with E-state index in [9.17, 15) is 9.18 Å². The van der Waals surface area contributed by atoms with Gasteiger partial charge in [-0.1, -0.05) is 0 Å². The Kier molecular flexibility index (Phi) is 5.94. The number of anilines is 1. The molecule has 0 bridgehead atoms. The Labute approximate surface area is 123 Å². The first-order valence-electron chi connectivity index (χ1n) is 7.18. The van der Waals surface area contributed by atoms with Gasteiger partial charge in [-0.2, -0.15) is 5.10 Å². The van der Waals surface area contributed by atoms with Gasteiger partial charge >= 0.3 is 0 Å². The average Bonchev–Trinajstić information content (AvgIpc) is 2.86. The van der Waals surface area contributed by atoms with E-state index in [0.29, 0.717) is 6.54 Å². The normalized spacial score (nSPS) is 16.0. The number of alkyl halides is 1. The molecule has 0 unspecified atom stereocenters. The fraction of sp³-hybridized carbons (Fsp3) is 0.692. The van der Waals surface area contributed by atoms with Crippen LogP contribution in [0.5, 0.6) is 0 Å². The van der Waals surface area contributed by atoms with Crippen molar-refractivity contribution in [2.45, 2.75) is 13.0 Å². The van der Waals surface area contributed by atoms with E-state index >= 15 is 0 Å². The number of nitrogens with one attached hydrogen (secondary N) is 1. The number of halogens is 1. The van der Waals surface area contributed by atoms with E-state index in [4.69, 9.17) is 10.5 Å². The van der Waals surface area contributed by atoms with E-state index < -0.39 is 6.67 Å². The van der Waals surface area contributed by atoms with Crippen molar-refractivity contribution in [3.05, 3.63) is 11.9 Å². The lowest BCUT2D eigenvalue weighted by Crippen LogP contribution is -2.38. The molecule has 118 valence electrons. The lowest BCUT2D eigenvalue weighted by Gasteiger charge is -2.26. The summed E-state index contributed by atoms with van der Waals surface area (Å²) in [7, 11) is 0. The van der Waals surface area contributed by atoms with Gasteiger partial charge < -0.3 is 15.8 Å². The van der Waals surface area contributed by atoms with Crippen molar-refractivity contribution in [1.29, 1.82) is 0 Å². The number of nitrogens with zero attached hydrogens (tertiary/aromatic N) is 3. The predicted octanol–water partition coefficient (Wildman–Crippen LogP) is -0.113. The third-order valence-electron chi connectivity index (χ3n) is 3.42.